The van der Waals surface area contributed by atoms with Gasteiger partial charge in [0.05, 0.1) is 11.1 Å². The Morgan fingerprint density at radius 2 is 1.73 bits per heavy atom. The van der Waals surface area contributed by atoms with E-state index >= 15 is 0 Å². The fourth-order valence-electron chi connectivity index (χ4n) is 4.99. The van der Waals surface area contributed by atoms with Crippen LogP contribution in [-0.4, -0.2) is 38.7 Å². The van der Waals surface area contributed by atoms with Crippen LogP contribution in [0.5, 0.6) is 0 Å². The van der Waals surface area contributed by atoms with E-state index in [2.05, 4.69) is 13.8 Å². The van der Waals surface area contributed by atoms with Gasteiger partial charge in [0.1, 0.15) is 17.2 Å². The fraction of sp³-hybridized carbons (Fsp3) is 0.296. The monoisotopic (exact) mass is 442 g/mol. The average Bonchev–Trinajstić information content (AvgIpc) is 3.19. The number of hydrogen-bond acceptors (Lipinski definition) is 3. The largest absolute Gasteiger partial charge is 0.337 e. The van der Waals surface area contributed by atoms with Crippen LogP contribution in [0.15, 0.2) is 60.7 Å². The minimum Gasteiger partial charge on any atom is -0.337 e. The van der Waals surface area contributed by atoms with Crippen LogP contribution in [-0.2, 0) is 0 Å². The smallest absolute Gasteiger partial charge is 0.272 e. The molecule has 0 unspecified atom stereocenters. The normalized spacial score (nSPS) is 18.6. The Morgan fingerprint density at radius 1 is 1.00 bits per heavy atom. The average molecular weight is 443 g/mol. The Bertz CT molecular complexity index is 1320. The molecule has 0 aliphatic carbocycles. The number of halogens is 1. The third kappa shape index (κ3) is 4.01. The van der Waals surface area contributed by atoms with Crippen LogP contribution in [0, 0.1) is 24.6 Å². The highest BCUT2D eigenvalue weighted by atomic mass is 19.1. The second-order valence-electron chi connectivity index (χ2n) is 9.29. The molecule has 2 aromatic carbocycles. The van der Waals surface area contributed by atoms with Gasteiger partial charge in [0.2, 0.25) is 0 Å². The van der Waals surface area contributed by atoms with E-state index in [1.807, 2.05) is 48.2 Å². The van der Waals surface area contributed by atoms with E-state index in [0.717, 1.165) is 41.7 Å². The first-order chi connectivity index (χ1) is 15.9. The first-order valence-corrected chi connectivity index (χ1v) is 11.4. The van der Waals surface area contributed by atoms with E-state index in [1.54, 1.807) is 16.8 Å². The number of aryl methyl sites for hydroxylation is 1. The number of fused-ring (bicyclic) bond motifs is 1. The second-order valence-corrected chi connectivity index (χ2v) is 9.29. The van der Waals surface area contributed by atoms with Gasteiger partial charge in [-0.25, -0.2) is 14.1 Å². The Balaban J connectivity index is 1.69. The maximum atomic E-state index is 14.1. The maximum Gasteiger partial charge on any atom is 0.272 e. The van der Waals surface area contributed by atoms with Gasteiger partial charge in [-0.3, -0.25) is 4.79 Å². The van der Waals surface area contributed by atoms with E-state index in [-0.39, 0.29) is 11.7 Å². The number of likely N-dealkylation sites (tertiary alicyclic amines) is 1. The molecular formula is C27H27FN4O. The van der Waals surface area contributed by atoms with Crippen LogP contribution in [0.2, 0.25) is 0 Å². The SMILES string of the molecule is Cc1cc(C(=O)N2C[C@H](C)C[C@H](C)C2)nc2c1c(-c1ccccc1)nn2-c1cccc(F)c1. The molecule has 1 fully saturated rings. The molecule has 6 heteroatoms. The zero-order valence-electron chi connectivity index (χ0n) is 19.1. The number of aromatic nitrogens is 3. The molecule has 0 radical (unpaired) electrons. The van der Waals surface area contributed by atoms with Crippen LogP contribution < -0.4 is 0 Å². The number of hydrogen-bond donors (Lipinski definition) is 0. The Labute approximate surface area is 192 Å². The Hall–Kier alpha value is -3.54. The first kappa shape index (κ1) is 21.3. The molecule has 3 heterocycles. The summed E-state index contributed by atoms with van der Waals surface area (Å²) in [6.07, 6.45) is 1.13. The number of carbonyl (C=O) groups excluding carboxylic acids is 1. The molecule has 5 rings (SSSR count). The van der Waals surface area contributed by atoms with Crippen molar-refractivity contribution in [1.82, 2.24) is 19.7 Å². The van der Waals surface area contributed by atoms with Crippen LogP contribution in [0.3, 0.4) is 0 Å². The van der Waals surface area contributed by atoms with Crippen molar-refractivity contribution < 1.29 is 9.18 Å². The van der Waals surface area contributed by atoms with Crippen LogP contribution in [0.25, 0.3) is 28.0 Å². The van der Waals surface area contributed by atoms with Crippen molar-refractivity contribution >= 4 is 16.9 Å². The van der Waals surface area contributed by atoms with Gasteiger partial charge in [0.25, 0.3) is 5.91 Å². The lowest BCUT2D eigenvalue weighted by Crippen LogP contribution is -2.42. The third-order valence-electron chi connectivity index (χ3n) is 6.31. The molecule has 4 aromatic rings. The summed E-state index contributed by atoms with van der Waals surface area (Å²) < 4.78 is 15.7. The van der Waals surface area contributed by atoms with Gasteiger partial charge in [0, 0.05) is 18.7 Å². The molecule has 5 nitrogen and oxygen atoms in total. The van der Waals surface area contributed by atoms with Gasteiger partial charge in [-0.2, -0.15) is 5.10 Å². The molecule has 0 bridgehead atoms. The van der Waals surface area contributed by atoms with Crippen molar-refractivity contribution in [3.8, 4) is 16.9 Å². The molecule has 1 amide bonds. The molecule has 1 aliphatic rings. The Morgan fingerprint density at radius 3 is 2.42 bits per heavy atom. The number of nitrogens with zero attached hydrogens (tertiary/aromatic N) is 4. The predicted octanol–water partition coefficient (Wildman–Crippen LogP) is 5.65. The van der Waals surface area contributed by atoms with Gasteiger partial charge in [-0.15, -0.1) is 0 Å². The highest BCUT2D eigenvalue weighted by Crippen LogP contribution is 2.32. The van der Waals surface area contributed by atoms with Crippen LogP contribution in [0.1, 0.15) is 36.3 Å². The fourth-order valence-corrected chi connectivity index (χ4v) is 4.99. The molecule has 1 saturated heterocycles. The van der Waals surface area contributed by atoms with E-state index < -0.39 is 0 Å². The summed E-state index contributed by atoms with van der Waals surface area (Å²) in [5.74, 6) is 0.513. The first-order valence-electron chi connectivity index (χ1n) is 11.4. The molecule has 168 valence electrons. The van der Waals surface area contributed by atoms with Crippen molar-refractivity contribution in [3.63, 3.8) is 0 Å². The van der Waals surface area contributed by atoms with Gasteiger partial charge in [-0.05, 0) is 55.0 Å². The minimum atomic E-state index is -0.349. The number of benzene rings is 2. The summed E-state index contributed by atoms with van der Waals surface area (Å²) in [6, 6.07) is 18.0. The van der Waals surface area contributed by atoms with E-state index in [0.29, 0.717) is 28.9 Å². The summed E-state index contributed by atoms with van der Waals surface area (Å²) in [6.45, 7) is 7.82. The number of rotatable bonds is 3. The topological polar surface area (TPSA) is 51.0 Å². The zero-order valence-corrected chi connectivity index (χ0v) is 19.1. The van der Waals surface area contributed by atoms with E-state index in [9.17, 15) is 9.18 Å². The summed E-state index contributed by atoms with van der Waals surface area (Å²) >= 11 is 0. The Kier molecular flexibility index (Phi) is 5.44. The van der Waals surface area contributed by atoms with Gasteiger partial charge < -0.3 is 4.90 Å². The van der Waals surface area contributed by atoms with Crippen molar-refractivity contribution in [1.29, 1.82) is 0 Å². The molecule has 2 atom stereocenters. The molecule has 0 saturated carbocycles. The van der Waals surface area contributed by atoms with E-state index in [1.165, 1.54) is 12.1 Å². The third-order valence-corrected chi connectivity index (χ3v) is 6.31. The number of carbonyl (C=O) groups is 1. The van der Waals surface area contributed by atoms with Crippen molar-refractivity contribution in [2.75, 3.05) is 13.1 Å². The van der Waals surface area contributed by atoms with Crippen LogP contribution in [0.4, 0.5) is 4.39 Å². The van der Waals surface area contributed by atoms with Crippen molar-refractivity contribution in [2.24, 2.45) is 11.8 Å². The molecule has 33 heavy (non-hydrogen) atoms. The molecule has 1 aliphatic heterocycles. The van der Waals surface area contributed by atoms with Crippen molar-refractivity contribution in [3.05, 3.63) is 77.7 Å². The summed E-state index contributed by atoms with van der Waals surface area (Å²) in [5.41, 5.74) is 4.15. The molecule has 0 spiro atoms. The van der Waals surface area contributed by atoms with Gasteiger partial charge in [-0.1, -0.05) is 50.2 Å². The summed E-state index contributed by atoms with van der Waals surface area (Å²) in [4.78, 5) is 20.1. The number of amides is 1. The highest BCUT2D eigenvalue weighted by Gasteiger charge is 2.28. The number of piperidine rings is 1. The highest BCUT2D eigenvalue weighted by molar-refractivity contribution is 5.99. The minimum absolute atomic E-state index is 0.0633. The maximum absolute atomic E-state index is 14.1. The molecule has 0 N–H and O–H groups in total. The summed E-state index contributed by atoms with van der Waals surface area (Å²) in [7, 11) is 0. The van der Waals surface area contributed by atoms with E-state index in [4.69, 9.17) is 10.1 Å². The van der Waals surface area contributed by atoms with Crippen molar-refractivity contribution in [2.45, 2.75) is 27.2 Å². The standard InChI is InChI=1S/C27H27FN4O/c1-17-12-18(2)16-31(15-17)27(33)23-13-19(3)24-25(20-8-5-4-6-9-20)30-32(26(24)29-23)22-11-7-10-21(28)14-22/h4-11,13-14,17-18H,12,15-16H2,1-3H3/t17-,18+. The zero-order chi connectivity index (χ0) is 23.1. The summed E-state index contributed by atoms with van der Waals surface area (Å²) in [5, 5.41) is 5.69. The lowest BCUT2D eigenvalue weighted by atomic mass is 9.91. The molecule has 2 aromatic heterocycles. The quantitative estimate of drug-likeness (QED) is 0.412. The lowest BCUT2D eigenvalue weighted by molar-refractivity contribution is 0.0617. The second kappa shape index (κ2) is 8.43. The van der Waals surface area contributed by atoms with Gasteiger partial charge in [0.15, 0.2) is 5.65 Å². The molecular weight excluding hydrogens is 415 g/mol. The lowest BCUT2D eigenvalue weighted by Gasteiger charge is -2.34. The van der Waals surface area contributed by atoms with Gasteiger partial charge >= 0.3 is 0 Å². The number of pyridine rings is 1. The van der Waals surface area contributed by atoms with Crippen LogP contribution >= 0.6 is 0 Å². The predicted molar refractivity (Wildman–Crippen MR) is 128 cm³/mol.